The van der Waals surface area contributed by atoms with E-state index < -0.39 is 0 Å². The summed E-state index contributed by atoms with van der Waals surface area (Å²) in [7, 11) is 4.32. The van der Waals surface area contributed by atoms with Crippen LogP contribution in [0.3, 0.4) is 0 Å². The van der Waals surface area contributed by atoms with E-state index in [0.717, 1.165) is 37.2 Å². The molecule has 1 aromatic heterocycles. The summed E-state index contributed by atoms with van der Waals surface area (Å²) in [6.07, 6.45) is 5.28. The number of hydrogen-bond acceptors (Lipinski definition) is 4. The SMILES string of the molecule is Cc1cc(CN2CCCC2CN(C)C)oc1CNC1CC1. The lowest BCUT2D eigenvalue weighted by molar-refractivity contribution is 0.187. The van der Waals surface area contributed by atoms with Crippen molar-refractivity contribution in [2.24, 2.45) is 0 Å². The van der Waals surface area contributed by atoms with Gasteiger partial charge in [0.05, 0.1) is 13.1 Å². The van der Waals surface area contributed by atoms with Gasteiger partial charge in [0.15, 0.2) is 0 Å². The highest BCUT2D eigenvalue weighted by Crippen LogP contribution is 2.24. The van der Waals surface area contributed by atoms with E-state index in [1.54, 1.807) is 0 Å². The van der Waals surface area contributed by atoms with Gasteiger partial charge in [-0.15, -0.1) is 0 Å². The molecule has 2 fully saturated rings. The van der Waals surface area contributed by atoms with Gasteiger partial charge in [-0.3, -0.25) is 4.90 Å². The summed E-state index contributed by atoms with van der Waals surface area (Å²) in [4.78, 5) is 4.87. The van der Waals surface area contributed by atoms with Crippen LogP contribution in [-0.4, -0.2) is 49.1 Å². The average molecular weight is 291 g/mol. The van der Waals surface area contributed by atoms with Gasteiger partial charge in [0.25, 0.3) is 0 Å². The standard InChI is InChI=1S/C17H29N3O/c1-13-9-16(21-17(13)10-18-14-6-7-14)12-20-8-4-5-15(20)11-19(2)3/h9,14-15,18H,4-8,10-12H2,1-3H3. The van der Waals surface area contributed by atoms with Crippen LogP contribution < -0.4 is 5.32 Å². The molecule has 0 spiro atoms. The predicted octanol–water partition coefficient (Wildman–Crippen LogP) is 2.37. The highest BCUT2D eigenvalue weighted by atomic mass is 16.3. The van der Waals surface area contributed by atoms with Crippen molar-refractivity contribution in [3.05, 3.63) is 23.2 Å². The summed E-state index contributed by atoms with van der Waals surface area (Å²) in [6, 6.07) is 3.65. The molecule has 0 aromatic carbocycles. The Labute approximate surface area is 128 Å². The van der Waals surface area contributed by atoms with Gasteiger partial charge in [0.1, 0.15) is 11.5 Å². The van der Waals surface area contributed by atoms with E-state index in [1.165, 1.54) is 37.8 Å². The quantitative estimate of drug-likeness (QED) is 0.836. The Morgan fingerprint density at radius 1 is 1.33 bits per heavy atom. The Morgan fingerprint density at radius 2 is 2.14 bits per heavy atom. The lowest BCUT2D eigenvalue weighted by atomic mass is 10.2. The molecule has 3 rings (SSSR count). The summed E-state index contributed by atoms with van der Waals surface area (Å²) in [5, 5.41) is 3.54. The average Bonchev–Trinajstić information content (AvgIpc) is 3.06. The molecule has 1 aliphatic heterocycles. The zero-order chi connectivity index (χ0) is 14.8. The molecule has 2 aliphatic rings. The van der Waals surface area contributed by atoms with Crippen molar-refractivity contribution in [2.75, 3.05) is 27.2 Å². The van der Waals surface area contributed by atoms with Gasteiger partial charge >= 0.3 is 0 Å². The number of nitrogens with zero attached hydrogens (tertiary/aromatic N) is 2. The number of likely N-dealkylation sites (N-methyl/N-ethyl adjacent to an activating group) is 1. The number of likely N-dealkylation sites (tertiary alicyclic amines) is 1. The van der Waals surface area contributed by atoms with Gasteiger partial charge in [-0.25, -0.2) is 0 Å². The van der Waals surface area contributed by atoms with Crippen molar-refractivity contribution in [1.82, 2.24) is 15.1 Å². The van der Waals surface area contributed by atoms with E-state index in [9.17, 15) is 0 Å². The third-order valence-corrected chi connectivity index (χ3v) is 4.63. The molecule has 1 saturated carbocycles. The van der Waals surface area contributed by atoms with Gasteiger partial charge in [-0.1, -0.05) is 0 Å². The third-order valence-electron chi connectivity index (χ3n) is 4.63. The normalized spacial score (nSPS) is 23.3. The fourth-order valence-corrected chi connectivity index (χ4v) is 3.30. The highest BCUT2D eigenvalue weighted by Gasteiger charge is 2.26. The van der Waals surface area contributed by atoms with E-state index in [1.807, 2.05) is 0 Å². The van der Waals surface area contributed by atoms with Crippen molar-refractivity contribution in [3.8, 4) is 0 Å². The summed E-state index contributed by atoms with van der Waals surface area (Å²) < 4.78 is 6.09. The Morgan fingerprint density at radius 3 is 2.86 bits per heavy atom. The Kier molecular flexibility index (Phi) is 4.67. The van der Waals surface area contributed by atoms with Gasteiger partial charge in [-0.05, 0) is 64.9 Å². The molecule has 2 heterocycles. The van der Waals surface area contributed by atoms with E-state index in [2.05, 4.69) is 42.2 Å². The number of rotatable bonds is 7. The van der Waals surface area contributed by atoms with Crippen molar-refractivity contribution >= 4 is 0 Å². The molecule has 118 valence electrons. The minimum absolute atomic E-state index is 0.679. The lowest BCUT2D eigenvalue weighted by Crippen LogP contribution is -2.36. The number of aryl methyl sites for hydroxylation is 1. The highest BCUT2D eigenvalue weighted by molar-refractivity contribution is 5.20. The van der Waals surface area contributed by atoms with Gasteiger partial charge in [0.2, 0.25) is 0 Å². The van der Waals surface area contributed by atoms with Crippen LogP contribution in [0, 0.1) is 6.92 Å². The second-order valence-electron chi connectivity index (χ2n) is 7.00. The van der Waals surface area contributed by atoms with E-state index in [-0.39, 0.29) is 0 Å². The first-order chi connectivity index (χ1) is 10.1. The molecule has 4 heteroatoms. The number of hydrogen-bond donors (Lipinski definition) is 1. The predicted molar refractivity (Wildman–Crippen MR) is 85.3 cm³/mol. The van der Waals surface area contributed by atoms with Crippen LogP contribution in [-0.2, 0) is 13.1 Å². The minimum Gasteiger partial charge on any atom is -0.463 e. The molecule has 1 aromatic rings. The lowest BCUT2D eigenvalue weighted by Gasteiger charge is -2.26. The molecule has 4 nitrogen and oxygen atoms in total. The van der Waals surface area contributed by atoms with Crippen LogP contribution in [0.1, 0.15) is 42.8 Å². The minimum atomic E-state index is 0.679. The maximum absolute atomic E-state index is 6.09. The van der Waals surface area contributed by atoms with Crippen LogP contribution >= 0.6 is 0 Å². The monoisotopic (exact) mass is 291 g/mol. The Hall–Kier alpha value is -0.840. The van der Waals surface area contributed by atoms with Crippen molar-refractivity contribution in [1.29, 1.82) is 0 Å². The van der Waals surface area contributed by atoms with Crippen molar-refractivity contribution in [3.63, 3.8) is 0 Å². The van der Waals surface area contributed by atoms with Crippen molar-refractivity contribution in [2.45, 2.75) is 57.8 Å². The molecule has 1 unspecified atom stereocenters. The first-order valence-corrected chi connectivity index (χ1v) is 8.32. The Balaban J connectivity index is 1.57. The van der Waals surface area contributed by atoms with Crippen LogP contribution in [0.5, 0.6) is 0 Å². The summed E-state index contributed by atoms with van der Waals surface area (Å²) >= 11 is 0. The molecular formula is C17H29N3O. The molecule has 0 amide bonds. The number of furan rings is 1. The zero-order valence-corrected chi connectivity index (χ0v) is 13.7. The van der Waals surface area contributed by atoms with Gasteiger partial charge in [-0.2, -0.15) is 0 Å². The molecule has 21 heavy (non-hydrogen) atoms. The third kappa shape index (κ3) is 4.09. The summed E-state index contributed by atoms with van der Waals surface area (Å²) in [5.41, 5.74) is 1.29. The molecule has 1 N–H and O–H groups in total. The summed E-state index contributed by atoms with van der Waals surface area (Å²) in [5.74, 6) is 2.26. The largest absolute Gasteiger partial charge is 0.463 e. The van der Waals surface area contributed by atoms with Gasteiger partial charge in [0, 0.05) is 18.6 Å². The second-order valence-corrected chi connectivity index (χ2v) is 7.00. The van der Waals surface area contributed by atoms with Crippen LogP contribution in [0.2, 0.25) is 0 Å². The molecular weight excluding hydrogens is 262 g/mol. The smallest absolute Gasteiger partial charge is 0.120 e. The zero-order valence-electron chi connectivity index (χ0n) is 13.7. The Bertz CT molecular complexity index is 465. The van der Waals surface area contributed by atoms with Crippen LogP contribution in [0.25, 0.3) is 0 Å². The molecule has 1 atom stereocenters. The first kappa shape index (κ1) is 15.1. The molecule has 1 saturated heterocycles. The maximum Gasteiger partial charge on any atom is 0.120 e. The van der Waals surface area contributed by atoms with Crippen LogP contribution in [0.15, 0.2) is 10.5 Å². The van der Waals surface area contributed by atoms with Crippen molar-refractivity contribution < 1.29 is 4.42 Å². The molecule has 0 radical (unpaired) electrons. The van der Waals surface area contributed by atoms with E-state index >= 15 is 0 Å². The second kappa shape index (κ2) is 6.51. The molecule has 0 bridgehead atoms. The summed E-state index contributed by atoms with van der Waals surface area (Å²) in [6.45, 7) is 6.36. The fourth-order valence-electron chi connectivity index (χ4n) is 3.30. The first-order valence-electron chi connectivity index (χ1n) is 8.32. The molecule has 1 aliphatic carbocycles. The van der Waals surface area contributed by atoms with E-state index in [4.69, 9.17) is 4.42 Å². The van der Waals surface area contributed by atoms with Gasteiger partial charge < -0.3 is 14.6 Å². The fraction of sp³-hybridized carbons (Fsp3) is 0.765. The van der Waals surface area contributed by atoms with Crippen LogP contribution in [0.4, 0.5) is 0 Å². The maximum atomic E-state index is 6.09. The topological polar surface area (TPSA) is 31.6 Å². The number of nitrogens with one attached hydrogen (secondary N) is 1. The van der Waals surface area contributed by atoms with E-state index in [0.29, 0.717) is 6.04 Å².